The van der Waals surface area contributed by atoms with Gasteiger partial charge in [-0.05, 0) is 46.6 Å². The summed E-state index contributed by atoms with van der Waals surface area (Å²) in [6.45, 7) is 7.43. The highest BCUT2D eigenvalue weighted by atomic mass is 16.5. The Bertz CT molecular complexity index is 238. The van der Waals surface area contributed by atoms with Crippen LogP contribution in [-0.4, -0.2) is 37.2 Å². The first kappa shape index (κ1) is 15.4. The fourth-order valence-electron chi connectivity index (χ4n) is 2.56. The predicted octanol–water partition coefficient (Wildman–Crippen LogP) is 1.84. The molecule has 0 aromatic heterocycles. The molecule has 1 saturated heterocycles. The number of esters is 1. The summed E-state index contributed by atoms with van der Waals surface area (Å²) in [6.07, 6.45) is 6.27. The molecule has 4 heteroatoms. The molecule has 2 N–H and O–H groups in total. The van der Waals surface area contributed by atoms with Crippen molar-refractivity contribution in [1.82, 2.24) is 10.6 Å². The van der Waals surface area contributed by atoms with Gasteiger partial charge in [0.2, 0.25) is 0 Å². The zero-order valence-electron chi connectivity index (χ0n) is 12.0. The molecule has 0 aromatic carbocycles. The van der Waals surface area contributed by atoms with Crippen molar-refractivity contribution < 1.29 is 9.53 Å². The van der Waals surface area contributed by atoms with Crippen LogP contribution in [-0.2, 0) is 9.53 Å². The summed E-state index contributed by atoms with van der Waals surface area (Å²) in [4.78, 5) is 11.5. The summed E-state index contributed by atoms with van der Waals surface area (Å²) < 4.78 is 5.00. The van der Waals surface area contributed by atoms with Gasteiger partial charge < -0.3 is 15.4 Å². The van der Waals surface area contributed by atoms with Crippen LogP contribution >= 0.6 is 0 Å². The minimum Gasteiger partial charge on any atom is -0.465 e. The molecular formula is C14H28N2O2. The van der Waals surface area contributed by atoms with Crippen molar-refractivity contribution in [3.8, 4) is 0 Å². The fraction of sp³-hybridized carbons (Fsp3) is 0.929. The molecule has 4 nitrogen and oxygen atoms in total. The van der Waals surface area contributed by atoms with Gasteiger partial charge in [-0.2, -0.15) is 0 Å². The van der Waals surface area contributed by atoms with Crippen LogP contribution in [0.2, 0.25) is 0 Å². The molecule has 18 heavy (non-hydrogen) atoms. The van der Waals surface area contributed by atoms with E-state index in [1.807, 2.05) is 13.8 Å². The molecule has 1 fully saturated rings. The van der Waals surface area contributed by atoms with Crippen LogP contribution in [0.25, 0.3) is 0 Å². The lowest BCUT2D eigenvalue weighted by atomic mass is 10.0. The summed E-state index contributed by atoms with van der Waals surface area (Å²) >= 11 is 0. The highest BCUT2D eigenvalue weighted by Crippen LogP contribution is 2.12. The molecule has 1 heterocycles. The topological polar surface area (TPSA) is 50.4 Å². The van der Waals surface area contributed by atoms with Crippen LogP contribution < -0.4 is 10.6 Å². The van der Waals surface area contributed by atoms with Gasteiger partial charge in [-0.1, -0.05) is 12.8 Å². The number of rotatable bonds is 6. The van der Waals surface area contributed by atoms with Crippen molar-refractivity contribution in [1.29, 1.82) is 0 Å². The lowest BCUT2D eigenvalue weighted by molar-refractivity contribution is -0.145. The zero-order chi connectivity index (χ0) is 13.4. The van der Waals surface area contributed by atoms with Crippen LogP contribution in [0.3, 0.4) is 0 Å². The predicted molar refractivity (Wildman–Crippen MR) is 73.6 cm³/mol. The van der Waals surface area contributed by atoms with Gasteiger partial charge in [0, 0.05) is 12.1 Å². The van der Waals surface area contributed by atoms with Gasteiger partial charge in [-0.25, -0.2) is 0 Å². The molecule has 0 radical (unpaired) electrons. The van der Waals surface area contributed by atoms with E-state index in [4.69, 9.17) is 4.74 Å². The lowest BCUT2D eigenvalue weighted by Gasteiger charge is -2.23. The van der Waals surface area contributed by atoms with Crippen molar-refractivity contribution in [2.75, 3.05) is 13.2 Å². The van der Waals surface area contributed by atoms with E-state index in [1.165, 1.54) is 25.7 Å². The Hall–Kier alpha value is -0.610. The van der Waals surface area contributed by atoms with E-state index in [9.17, 15) is 4.79 Å². The maximum atomic E-state index is 11.5. The Morgan fingerprint density at radius 3 is 2.89 bits per heavy atom. The number of carbonyl (C=O) groups excluding carboxylic acids is 1. The summed E-state index contributed by atoms with van der Waals surface area (Å²) in [7, 11) is 0. The molecule has 1 aliphatic rings. The fourth-order valence-corrected chi connectivity index (χ4v) is 2.56. The van der Waals surface area contributed by atoms with Crippen LogP contribution in [0.1, 0.15) is 52.9 Å². The molecule has 0 spiro atoms. The van der Waals surface area contributed by atoms with E-state index in [2.05, 4.69) is 17.6 Å². The molecule has 0 bridgehead atoms. The number of hydrogen-bond donors (Lipinski definition) is 2. The smallest absolute Gasteiger partial charge is 0.322 e. The molecule has 0 aliphatic carbocycles. The maximum absolute atomic E-state index is 11.5. The normalized spacial score (nSPS) is 24.1. The van der Waals surface area contributed by atoms with Gasteiger partial charge >= 0.3 is 5.97 Å². The first-order valence-electron chi connectivity index (χ1n) is 7.29. The Morgan fingerprint density at radius 2 is 2.17 bits per heavy atom. The van der Waals surface area contributed by atoms with Gasteiger partial charge in [-0.15, -0.1) is 0 Å². The Morgan fingerprint density at radius 1 is 1.39 bits per heavy atom. The first-order valence-corrected chi connectivity index (χ1v) is 7.29. The van der Waals surface area contributed by atoms with Crippen LogP contribution in [0.5, 0.6) is 0 Å². The second-order valence-electron chi connectivity index (χ2n) is 5.28. The van der Waals surface area contributed by atoms with Gasteiger partial charge in [-0.3, -0.25) is 4.79 Å². The third kappa shape index (κ3) is 5.83. The van der Waals surface area contributed by atoms with Gasteiger partial charge in [0.25, 0.3) is 0 Å². The van der Waals surface area contributed by atoms with Crippen molar-refractivity contribution in [2.45, 2.75) is 71.0 Å². The number of ether oxygens (including phenoxy) is 1. The standard InChI is InChI=1S/C14H28N2O2/c1-4-18-14(17)12(3)16-11(2)10-13-8-6-5-7-9-15-13/h11-13,15-16H,4-10H2,1-3H3. The minimum atomic E-state index is -0.217. The first-order chi connectivity index (χ1) is 8.63. The number of nitrogens with one attached hydrogen (secondary N) is 2. The van der Waals surface area contributed by atoms with E-state index < -0.39 is 0 Å². The second kappa shape index (κ2) is 8.48. The second-order valence-corrected chi connectivity index (χ2v) is 5.28. The molecule has 3 atom stereocenters. The van der Waals surface area contributed by atoms with Crippen molar-refractivity contribution in [3.05, 3.63) is 0 Å². The average molecular weight is 256 g/mol. The molecule has 106 valence electrons. The van der Waals surface area contributed by atoms with Crippen molar-refractivity contribution >= 4 is 5.97 Å². The van der Waals surface area contributed by atoms with Crippen LogP contribution in [0, 0.1) is 0 Å². The summed E-state index contributed by atoms with van der Waals surface area (Å²) in [5.41, 5.74) is 0. The summed E-state index contributed by atoms with van der Waals surface area (Å²) in [6, 6.07) is 0.704. The Kier molecular flexibility index (Phi) is 7.28. The Balaban J connectivity index is 2.26. The third-order valence-electron chi connectivity index (χ3n) is 3.48. The van der Waals surface area contributed by atoms with E-state index >= 15 is 0 Å². The monoisotopic (exact) mass is 256 g/mol. The van der Waals surface area contributed by atoms with E-state index in [0.717, 1.165) is 13.0 Å². The number of carbonyl (C=O) groups is 1. The van der Waals surface area contributed by atoms with Crippen LogP contribution in [0.4, 0.5) is 0 Å². The van der Waals surface area contributed by atoms with Gasteiger partial charge in [0.1, 0.15) is 6.04 Å². The van der Waals surface area contributed by atoms with E-state index in [0.29, 0.717) is 18.7 Å². The molecule has 0 amide bonds. The van der Waals surface area contributed by atoms with Gasteiger partial charge in [0.05, 0.1) is 6.61 Å². The minimum absolute atomic E-state index is 0.154. The lowest BCUT2D eigenvalue weighted by Crippen LogP contribution is -2.44. The summed E-state index contributed by atoms with van der Waals surface area (Å²) in [5, 5.41) is 6.90. The third-order valence-corrected chi connectivity index (χ3v) is 3.48. The highest BCUT2D eigenvalue weighted by molar-refractivity contribution is 5.75. The van der Waals surface area contributed by atoms with Crippen molar-refractivity contribution in [3.63, 3.8) is 0 Å². The zero-order valence-corrected chi connectivity index (χ0v) is 12.0. The van der Waals surface area contributed by atoms with Crippen molar-refractivity contribution in [2.24, 2.45) is 0 Å². The molecule has 3 unspecified atom stereocenters. The highest BCUT2D eigenvalue weighted by Gasteiger charge is 2.19. The molecule has 1 rings (SSSR count). The van der Waals surface area contributed by atoms with Crippen LogP contribution in [0.15, 0.2) is 0 Å². The molecule has 0 aromatic rings. The van der Waals surface area contributed by atoms with E-state index in [1.54, 1.807) is 0 Å². The summed E-state index contributed by atoms with van der Waals surface area (Å²) in [5.74, 6) is -0.154. The van der Waals surface area contributed by atoms with Gasteiger partial charge in [0.15, 0.2) is 0 Å². The average Bonchev–Trinajstić information content (AvgIpc) is 2.57. The SMILES string of the molecule is CCOC(=O)C(C)NC(C)CC1CCCCCN1. The Labute approximate surface area is 111 Å². The largest absolute Gasteiger partial charge is 0.465 e. The maximum Gasteiger partial charge on any atom is 0.322 e. The van der Waals surface area contributed by atoms with E-state index in [-0.39, 0.29) is 12.0 Å². The quantitative estimate of drug-likeness (QED) is 0.712. The number of hydrogen-bond acceptors (Lipinski definition) is 4. The molecular weight excluding hydrogens is 228 g/mol. The molecule has 1 aliphatic heterocycles. The molecule has 0 saturated carbocycles.